The summed E-state index contributed by atoms with van der Waals surface area (Å²) in [7, 11) is 0. The van der Waals surface area contributed by atoms with Gasteiger partial charge in [0.1, 0.15) is 17.2 Å². The van der Waals surface area contributed by atoms with Crippen LogP contribution in [0.4, 0.5) is 0 Å². The maximum absolute atomic E-state index is 8.63. The number of phenols is 3. The van der Waals surface area contributed by atoms with Gasteiger partial charge < -0.3 is 15.3 Å². The summed E-state index contributed by atoms with van der Waals surface area (Å²) in [6, 6.07) is 26.1. The van der Waals surface area contributed by atoms with E-state index < -0.39 is 0 Å². The first-order valence-corrected chi connectivity index (χ1v) is 10.2. The van der Waals surface area contributed by atoms with Crippen LogP contribution >= 0.6 is 0 Å². The summed E-state index contributed by atoms with van der Waals surface area (Å²) in [6.07, 6.45) is 0. The zero-order valence-corrected chi connectivity index (χ0v) is 21.1. The van der Waals surface area contributed by atoms with Gasteiger partial charge in [-0.15, -0.1) is 0 Å². The summed E-state index contributed by atoms with van der Waals surface area (Å²) in [4.78, 5) is 0. The smallest absolute Gasteiger partial charge is 0.115 e. The van der Waals surface area contributed by atoms with Gasteiger partial charge in [-0.2, -0.15) is 27.8 Å². The van der Waals surface area contributed by atoms with Crippen LogP contribution in [0.15, 0.2) is 91.0 Å². The van der Waals surface area contributed by atoms with E-state index in [-0.39, 0.29) is 21.7 Å². The molecule has 4 aromatic rings. The van der Waals surface area contributed by atoms with E-state index in [1.54, 1.807) is 72.8 Å². The van der Waals surface area contributed by atoms with Crippen LogP contribution in [-0.4, -0.2) is 15.3 Å². The fraction of sp³-hybridized carbons (Fsp3) is 0.179. The molecule has 0 aliphatic heterocycles. The maximum Gasteiger partial charge on any atom is 0.115 e. The molecule has 0 bridgehead atoms. The van der Waals surface area contributed by atoms with Crippen molar-refractivity contribution in [3.8, 4) is 17.2 Å². The molecule has 3 N–H and O–H groups in total. The van der Waals surface area contributed by atoms with Crippen molar-refractivity contribution < 1.29 is 37.0 Å². The van der Waals surface area contributed by atoms with Crippen molar-refractivity contribution in [1.29, 1.82) is 0 Å². The van der Waals surface area contributed by atoms with E-state index in [9.17, 15) is 0 Å². The number of hydrogen-bond donors (Lipinski definition) is 3. The summed E-state index contributed by atoms with van der Waals surface area (Å²) in [6.45, 7) is 11.0. The molecular formula is C28H33O3Ti-. The number of hydrogen-bond acceptors (Lipinski definition) is 3. The van der Waals surface area contributed by atoms with Gasteiger partial charge in [-0.3, -0.25) is 0 Å². The van der Waals surface area contributed by atoms with Gasteiger partial charge in [-0.1, -0.05) is 89.2 Å². The summed E-state index contributed by atoms with van der Waals surface area (Å²) < 4.78 is 0. The maximum atomic E-state index is 8.63. The molecule has 0 spiro atoms. The molecule has 3 nitrogen and oxygen atoms in total. The summed E-state index contributed by atoms with van der Waals surface area (Å²) in [5.41, 5.74) is 7.34. The summed E-state index contributed by atoms with van der Waals surface area (Å²) >= 11 is 0. The van der Waals surface area contributed by atoms with Crippen LogP contribution in [0.1, 0.15) is 27.8 Å². The SMILES string of the molecule is Cc1c(C)c(C)[c-](C)c1C.Oc1ccccc1.Oc1ccccc1.Oc1ccccc1.[Ti]. The summed E-state index contributed by atoms with van der Waals surface area (Å²) in [5.74, 6) is 0.965. The second-order valence-electron chi connectivity index (χ2n) is 7.13. The van der Waals surface area contributed by atoms with Crippen LogP contribution in [0.3, 0.4) is 0 Å². The van der Waals surface area contributed by atoms with Crippen molar-refractivity contribution in [3.63, 3.8) is 0 Å². The third-order valence-electron chi connectivity index (χ3n) is 5.08. The van der Waals surface area contributed by atoms with Crippen molar-refractivity contribution in [2.45, 2.75) is 34.6 Å². The Morgan fingerprint density at radius 2 is 0.688 bits per heavy atom. The van der Waals surface area contributed by atoms with Gasteiger partial charge in [-0.25, -0.2) is 0 Å². The Labute approximate surface area is 207 Å². The van der Waals surface area contributed by atoms with Crippen molar-refractivity contribution >= 4 is 0 Å². The van der Waals surface area contributed by atoms with Gasteiger partial charge in [0.15, 0.2) is 0 Å². The Kier molecular flexibility index (Phi) is 14.4. The molecule has 0 saturated heterocycles. The van der Waals surface area contributed by atoms with Gasteiger partial charge in [0, 0.05) is 21.7 Å². The van der Waals surface area contributed by atoms with Gasteiger partial charge in [0.2, 0.25) is 0 Å². The van der Waals surface area contributed by atoms with E-state index in [4.69, 9.17) is 15.3 Å². The number of aromatic hydroxyl groups is 3. The molecule has 168 valence electrons. The molecule has 0 saturated carbocycles. The van der Waals surface area contributed by atoms with E-state index in [0.29, 0.717) is 17.2 Å². The first-order chi connectivity index (χ1) is 14.7. The van der Waals surface area contributed by atoms with E-state index >= 15 is 0 Å². The van der Waals surface area contributed by atoms with E-state index in [0.717, 1.165) is 0 Å². The minimum absolute atomic E-state index is 0. The van der Waals surface area contributed by atoms with Gasteiger partial charge in [-0.05, 0) is 36.4 Å². The Morgan fingerprint density at radius 3 is 0.781 bits per heavy atom. The van der Waals surface area contributed by atoms with Crippen molar-refractivity contribution in [2.75, 3.05) is 0 Å². The predicted octanol–water partition coefficient (Wildman–Crippen LogP) is 7.12. The average molecular weight is 465 g/mol. The Hall–Kier alpha value is -2.88. The fourth-order valence-corrected chi connectivity index (χ4v) is 2.69. The number of phenolic OH excluding ortho intramolecular Hbond substituents is 3. The number of rotatable bonds is 0. The molecule has 32 heavy (non-hydrogen) atoms. The molecule has 0 amide bonds. The molecule has 4 rings (SSSR count). The molecule has 0 fully saturated rings. The first-order valence-electron chi connectivity index (χ1n) is 10.2. The molecule has 0 aromatic heterocycles. The number of benzene rings is 3. The fourth-order valence-electron chi connectivity index (χ4n) is 2.69. The quantitative estimate of drug-likeness (QED) is 0.191. The van der Waals surface area contributed by atoms with Crippen molar-refractivity contribution in [1.82, 2.24) is 0 Å². The predicted molar refractivity (Wildman–Crippen MR) is 130 cm³/mol. The molecule has 0 atom stereocenters. The van der Waals surface area contributed by atoms with Crippen molar-refractivity contribution in [2.24, 2.45) is 0 Å². The normalized spacial score (nSPS) is 8.91. The van der Waals surface area contributed by atoms with Crippen LogP contribution < -0.4 is 0 Å². The molecule has 0 radical (unpaired) electrons. The standard InChI is InChI=1S/C10H15.3C6H6O.Ti/c1-6-7(2)9(4)10(5)8(6)3;3*7-6-4-2-1-3-5-6;/h1-5H3;3*1-5,7H;/q-1;;;;. The van der Waals surface area contributed by atoms with Gasteiger partial charge >= 0.3 is 0 Å². The average Bonchev–Trinajstić information content (AvgIpc) is 2.94. The minimum Gasteiger partial charge on any atom is -0.508 e. The monoisotopic (exact) mass is 465 g/mol. The zero-order chi connectivity index (χ0) is 23.2. The van der Waals surface area contributed by atoms with E-state index in [1.807, 2.05) is 18.2 Å². The van der Waals surface area contributed by atoms with Crippen molar-refractivity contribution in [3.05, 3.63) is 119 Å². The molecule has 0 unspecified atom stereocenters. The Balaban J connectivity index is 0.000000401. The molecule has 0 aliphatic rings. The molecule has 0 heterocycles. The first kappa shape index (κ1) is 29.1. The van der Waals surface area contributed by atoms with Crippen LogP contribution in [0, 0.1) is 34.6 Å². The molecule has 4 aromatic carbocycles. The molecule has 0 aliphatic carbocycles. The topological polar surface area (TPSA) is 60.7 Å². The molecule has 4 heteroatoms. The second-order valence-corrected chi connectivity index (χ2v) is 7.13. The van der Waals surface area contributed by atoms with E-state index in [2.05, 4.69) is 34.6 Å². The van der Waals surface area contributed by atoms with Crippen LogP contribution in [-0.2, 0) is 21.7 Å². The van der Waals surface area contributed by atoms with Gasteiger partial charge in [0.25, 0.3) is 0 Å². The Bertz CT molecular complexity index is 826. The Morgan fingerprint density at radius 1 is 0.469 bits per heavy atom. The third-order valence-corrected chi connectivity index (χ3v) is 5.08. The zero-order valence-electron chi connectivity index (χ0n) is 19.5. The molecular weight excluding hydrogens is 432 g/mol. The van der Waals surface area contributed by atoms with Crippen LogP contribution in [0.5, 0.6) is 17.2 Å². The van der Waals surface area contributed by atoms with Crippen LogP contribution in [0.25, 0.3) is 0 Å². The largest absolute Gasteiger partial charge is 0.508 e. The van der Waals surface area contributed by atoms with E-state index in [1.165, 1.54) is 27.8 Å². The number of para-hydroxylation sites is 3. The summed E-state index contributed by atoms with van der Waals surface area (Å²) in [5, 5.41) is 25.9. The minimum atomic E-state index is 0. The van der Waals surface area contributed by atoms with Gasteiger partial charge in [0.05, 0.1) is 0 Å². The third kappa shape index (κ3) is 10.9. The van der Waals surface area contributed by atoms with Crippen LogP contribution in [0.2, 0.25) is 0 Å². The second kappa shape index (κ2) is 15.9.